The molecular formula is C17H26INS. The molecule has 1 atom stereocenters. The standard InChI is InChI=1S/C17H26NS.HI/c1-4-5-11-18-16(13-19-17(18)14(2)3)12-15-9-7-6-8-10-15;/h6-10,14,16H,4-5,11-13H2,1-3H3;1H/q+1;/p-1/t16-;/m0./s1. The molecule has 0 spiro atoms. The van der Waals surface area contributed by atoms with Crippen molar-refractivity contribution in [1.29, 1.82) is 0 Å². The first kappa shape index (κ1) is 18.0. The second-order valence-corrected chi connectivity index (χ2v) is 6.73. The summed E-state index contributed by atoms with van der Waals surface area (Å²) in [7, 11) is 0. The van der Waals surface area contributed by atoms with Crippen molar-refractivity contribution in [3.63, 3.8) is 0 Å². The van der Waals surface area contributed by atoms with Gasteiger partial charge in [0, 0.05) is 18.8 Å². The Hall–Kier alpha value is -0.0300. The zero-order valence-corrected chi connectivity index (χ0v) is 15.8. The van der Waals surface area contributed by atoms with Crippen LogP contribution in [0.25, 0.3) is 0 Å². The van der Waals surface area contributed by atoms with Gasteiger partial charge in [0.1, 0.15) is 6.54 Å². The number of hydrogen-bond acceptors (Lipinski definition) is 1. The molecule has 0 amide bonds. The van der Waals surface area contributed by atoms with Crippen LogP contribution in [0.15, 0.2) is 30.3 Å². The van der Waals surface area contributed by atoms with E-state index in [1.54, 1.807) is 5.04 Å². The highest BCUT2D eigenvalue weighted by Crippen LogP contribution is 2.25. The van der Waals surface area contributed by atoms with Crippen LogP contribution in [-0.4, -0.2) is 28.0 Å². The van der Waals surface area contributed by atoms with E-state index >= 15 is 0 Å². The molecule has 0 saturated heterocycles. The monoisotopic (exact) mass is 403 g/mol. The van der Waals surface area contributed by atoms with E-state index in [9.17, 15) is 0 Å². The average Bonchev–Trinajstić information content (AvgIpc) is 2.80. The number of halogens is 1. The number of thioether (sulfide) groups is 1. The van der Waals surface area contributed by atoms with Crippen molar-refractivity contribution in [1.82, 2.24) is 0 Å². The smallest absolute Gasteiger partial charge is 0.213 e. The Kier molecular flexibility index (Phi) is 8.18. The van der Waals surface area contributed by atoms with Crippen LogP contribution < -0.4 is 24.0 Å². The molecule has 0 N–H and O–H groups in total. The minimum absolute atomic E-state index is 0. The van der Waals surface area contributed by atoms with Crippen LogP contribution in [0.3, 0.4) is 0 Å². The summed E-state index contributed by atoms with van der Waals surface area (Å²) in [5.74, 6) is 1.93. The van der Waals surface area contributed by atoms with Crippen LogP contribution in [0.4, 0.5) is 0 Å². The van der Waals surface area contributed by atoms with Crippen LogP contribution in [0, 0.1) is 5.92 Å². The van der Waals surface area contributed by atoms with Crippen molar-refractivity contribution in [2.75, 3.05) is 12.3 Å². The number of nitrogens with zero attached hydrogens (tertiary/aromatic N) is 1. The maximum Gasteiger partial charge on any atom is 0.213 e. The van der Waals surface area contributed by atoms with Gasteiger partial charge in [-0.25, -0.2) is 4.58 Å². The van der Waals surface area contributed by atoms with Gasteiger partial charge in [0.25, 0.3) is 0 Å². The van der Waals surface area contributed by atoms with E-state index < -0.39 is 0 Å². The van der Waals surface area contributed by atoms with Gasteiger partial charge in [-0.1, -0.05) is 69.3 Å². The highest BCUT2D eigenvalue weighted by Gasteiger charge is 2.34. The van der Waals surface area contributed by atoms with Crippen molar-refractivity contribution < 1.29 is 28.6 Å². The van der Waals surface area contributed by atoms with Crippen molar-refractivity contribution in [2.24, 2.45) is 5.92 Å². The fourth-order valence-corrected chi connectivity index (χ4v) is 4.11. The molecule has 2 rings (SSSR count). The largest absolute Gasteiger partial charge is 1.00 e. The minimum atomic E-state index is 0. The Labute approximate surface area is 145 Å². The first-order valence-corrected chi connectivity index (χ1v) is 8.51. The zero-order chi connectivity index (χ0) is 13.7. The third-order valence-electron chi connectivity index (χ3n) is 3.71. The summed E-state index contributed by atoms with van der Waals surface area (Å²) >= 11 is 2.08. The minimum Gasteiger partial charge on any atom is -1.00 e. The molecule has 1 heterocycles. The van der Waals surface area contributed by atoms with E-state index in [4.69, 9.17) is 0 Å². The maximum atomic E-state index is 2.69. The molecule has 1 nitrogen and oxygen atoms in total. The summed E-state index contributed by atoms with van der Waals surface area (Å²) in [5, 5.41) is 1.61. The van der Waals surface area contributed by atoms with Gasteiger partial charge in [-0.05, 0) is 5.56 Å². The van der Waals surface area contributed by atoms with Crippen molar-refractivity contribution in [3.05, 3.63) is 35.9 Å². The van der Waals surface area contributed by atoms with Crippen molar-refractivity contribution in [2.45, 2.75) is 46.1 Å². The molecule has 20 heavy (non-hydrogen) atoms. The lowest BCUT2D eigenvalue weighted by molar-refractivity contribution is -0.557. The molecule has 1 aromatic rings. The molecule has 112 valence electrons. The third-order valence-corrected chi connectivity index (χ3v) is 5.26. The first-order valence-electron chi connectivity index (χ1n) is 7.52. The van der Waals surface area contributed by atoms with E-state index in [0.717, 1.165) is 0 Å². The van der Waals surface area contributed by atoms with Crippen molar-refractivity contribution in [3.8, 4) is 0 Å². The molecule has 1 aliphatic rings. The lowest BCUT2D eigenvalue weighted by Gasteiger charge is -2.12. The van der Waals surface area contributed by atoms with Gasteiger partial charge in [-0.15, -0.1) is 0 Å². The second kappa shape index (κ2) is 9.08. The van der Waals surface area contributed by atoms with Crippen molar-refractivity contribution >= 4 is 16.8 Å². The SMILES string of the molecule is CCCC[N+]1=C(C(C)C)SC[C@@H]1Cc1ccccc1.[I-]. The number of hydrogen-bond donors (Lipinski definition) is 0. The molecule has 0 bridgehead atoms. The van der Waals surface area contributed by atoms with Crippen LogP contribution in [0.1, 0.15) is 39.2 Å². The predicted molar refractivity (Wildman–Crippen MR) is 86.3 cm³/mol. The fourth-order valence-electron chi connectivity index (χ4n) is 2.71. The van der Waals surface area contributed by atoms with E-state index in [1.165, 1.54) is 37.1 Å². The molecule has 0 radical (unpaired) electrons. The summed E-state index contributed by atoms with van der Waals surface area (Å²) in [5.41, 5.74) is 1.47. The molecule has 0 aromatic heterocycles. The Morgan fingerprint density at radius 1 is 1.25 bits per heavy atom. The van der Waals surface area contributed by atoms with Gasteiger partial charge in [-0.2, -0.15) is 0 Å². The lowest BCUT2D eigenvalue weighted by Crippen LogP contribution is -3.00. The van der Waals surface area contributed by atoms with Gasteiger partial charge in [0.15, 0.2) is 6.04 Å². The molecule has 0 aliphatic carbocycles. The predicted octanol–water partition coefficient (Wildman–Crippen LogP) is 1.22. The van der Waals surface area contributed by atoms with E-state index in [-0.39, 0.29) is 24.0 Å². The lowest BCUT2D eigenvalue weighted by atomic mass is 10.1. The summed E-state index contributed by atoms with van der Waals surface area (Å²) in [6.45, 7) is 8.16. The quantitative estimate of drug-likeness (QED) is 0.510. The normalized spacial score (nSPS) is 18.5. The number of unbranched alkanes of at least 4 members (excludes halogenated alkanes) is 1. The van der Waals surface area contributed by atoms with Crippen LogP contribution >= 0.6 is 11.8 Å². The Balaban J connectivity index is 0.00000200. The summed E-state index contributed by atoms with van der Waals surface area (Å²) in [4.78, 5) is 0. The van der Waals surface area contributed by atoms with Gasteiger partial charge in [0.05, 0.1) is 5.75 Å². The van der Waals surface area contributed by atoms with E-state index in [1.807, 2.05) is 0 Å². The molecule has 0 saturated carbocycles. The van der Waals surface area contributed by atoms with Crippen LogP contribution in [-0.2, 0) is 6.42 Å². The van der Waals surface area contributed by atoms with Gasteiger partial charge < -0.3 is 24.0 Å². The molecule has 1 aromatic carbocycles. The Morgan fingerprint density at radius 2 is 1.95 bits per heavy atom. The van der Waals surface area contributed by atoms with Gasteiger partial charge in [-0.3, -0.25) is 0 Å². The fraction of sp³-hybridized carbons (Fsp3) is 0.588. The average molecular weight is 403 g/mol. The van der Waals surface area contributed by atoms with E-state index in [2.05, 4.69) is 67.4 Å². The maximum absolute atomic E-state index is 2.69. The molecule has 0 unspecified atom stereocenters. The third kappa shape index (κ3) is 4.76. The summed E-state index contributed by atoms with van der Waals surface area (Å²) in [6, 6.07) is 11.6. The molecule has 1 aliphatic heterocycles. The van der Waals surface area contributed by atoms with E-state index in [0.29, 0.717) is 12.0 Å². The highest BCUT2D eigenvalue weighted by atomic mass is 127. The molecule has 0 fully saturated rings. The number of rotatable bonds is 6. The summed E-state index contributed by atoms with van der Waals surface area (Å²) in [6.07, 6.45) is 3.78. The Bertz CT molecular complexity index is 428. The topological polar surface area (TPSA) is 3.01 Å². The Morgan fingerprint density at radius 3 is 2.55 bits per heavy atom. The summed E-state index contributed by atoms with van der Waals surface area (Å²) < 4.78 is 2.69. The van der Waals surface area contributed by atoms with Gasteiger partial charge >= 0.3 is 0 Å². The zero-order valence-electron chi connectivity index (χ0n) is 12.8. The first-order chi connectivity index (χ1) is 9.22. The highest BCUT2D eigenvalue weighted by molar-refractivity contribution is 8.13. The van der Waals surface area contributed by atoms with Crippen LogP contribution in [0.2, 0.25) is 0 Å². The number of benzene rings is 1. The van der Waals surface area contributed by atoms with Crippen LogP contribution in [0.5, 0.6) is 0 Å². The molecule has 3 heteroatoms. The van der Waals surface area contributed by atoms with Gasteiger partial charge in [0.2, 0.25) is 5.04 Å². The second-order valence-electron chi connectivity index (χ2n) is 5.69. The molecular weight excluding hydrogens is 377 g/mol.